The second kappa shape index (κ2) is 7.18. The van der Waals surface area contributed by atoms with Crippen LogP contribution in [0.15, 0.2) is 36.7 Å². The lowest BCUT2D eigenvalue weighted by Crippen LogP contribution is -2.55. The molecule has 2 saturated heterocycles. The molecule has 142 valence electrons. The van der Waals surface area contributed by atoms with E-state index in [1.165, 1.54) is 0 Å². The second-order valence-electron chi connectivity index (χ2n) is 6.52. The van der Waals surface area contributed by atoms with Crippen LogP contribution in [0.25, 0.3) is 5.69 Å². The minimum absolute atomic E-state index is 0.0483. The van der Waals surface area contributed by atoms with Crippen molar-refractivity contribution in [2.45, 2.75) is 12.6 Å². The molecule has 2 aliphatic heterocycles. The molecular formula is C18H21N5O4. The first kappa shape index (κ1) is 17.2. The van der Waals surface area contributed by atoms with Crippen LogP contribution < -0.4 is 10.1 Å². The van der Waals surface area contributed by atoms with E-state index in [-0.39, 0.29) is 18.2 Å². The number of rotatable bonds is 4. The molecule has 3 amide bonds. The van der Waals surface area contributed by atoms with Gasteiger partial charge in [-0.2, -0.15) is 5.10 Å². The SMILES string of the molecule is COc1cccc(-n2cc(CNC(=O)N3CCN4C(=O)OC[C@H]4C3)cn2)c1. The molecule has 1 atom stereocenters. The van der Waals surface area contributed by atoms with Gasteiger partial charge in [-0.05, 0) is 12.1 Å². The van der Waals surface area contributed by atoms with Crippen LogP contribution in [0.3, 0.4) is 0 Å². The molecule has 3 heterocycles. The highest BCUT2D eigenvalue weighted by molar-refractivity contribution is 5.75. The van der Waals surface area contributed by atoms with Crippen LogP contribution in [-0.2, 0) is 11.3 Å². The van der Waals surface area contributed by atoms with Crippen molar-refractivity contribution in [3.63, 3.8) is 0 Å². The van der Waals surface area contributed by atoms with Crippen LogP contribution in [0.1, 0.15) is 5.56 Å². The van der Waals surface area contributed by atoms with Gasteiger partial charge in [0.25, 0.3) is 0 Å². The van der Waals surface area contributed by atoms with Crippen molar-refractivity contribution in [3.8, 4) is 11.4 Å². The van der Waals surface area contributed by atoms with Crippen molar-refractivity contribution in [1.82, 2.24) is 24.9 Å². The zero-order chi connectivity index (χ0) is 18.8. The fourth-order valence-electron chi connectivity index (χ4n) is 3.31. The maximum atomic E-state index is 12.4. The number of nitrogens with one attached hydrogen (secondary N) is 1. The first-order chi connectivity index (χ1) is 13.1. The number of methoxy groups -OCH3 is 1. The molecule has 27 heavy (non-hydrogen) atoms. The number of benzene rings is 1. The maximum Gasteiger partial charge on any atom is 0.410 e. The Bertz CT molecular complexity index is 852. The lowest BCUT2D eigenvalue weighted by Gasteiger charge is -2.35. The number of cyclic esters (lactones) is 1. The third-order valence-electron chi connectivity index (χ3n) is 4.80. The minimum atomic E-state index is -0.287. The van der Waals surface area contributed by atoms with Crippen molar-refractivity contribution in [2.75, 3.05) is 33.4 Å². The van der Waals surface area contributed by atoms with Crippen molar-refractivity contribution < 1.29 is 19.1 Å². The van der Waals surface area contributed by atoms with E-state index in [9.17, 15) is 9.59 Å². The number of hydrogen-bond acceptors (Lipinski definition) is 5. The Morgan fingerprint density at radius 1 is 1.41 bits per heavy atom. The number of urea groups is 1. The Labute approximate surface area is 156 Å². The monoisotopic (exact) mass is 371 g/mol. The number of carbonyl (C=O) groups excluding carboxylic acids is 2. The van der Waals surface area contributed by atoms with Gasteiger partial charge in [-0.3, -0.25) is 4.90 Å². The quantitative estimate of drug-likeness (QED) is 0.873. The molecular weight excluding hydrogens is 350 g/mol. The number of carbonyl (C=O) groups is 2. The average molecular weight is 371 g/mol. The van der Waals surface area contributed by atoms with Gasteiger partial charge in [-0.25, -0.2) is 14.3 Å². The molecule has 2 fully saturated rings. The van der Waals surface area contributed by atoms with Crippen LogP contribution in [0.5, 0.6) is 5.75 Å². The van der Waals surface area contributed by atoms with E-state index in [0.29, 0.717) is 32.8 Å². The zero-order valence-electron chi connectivity index (χ0n) is 15.0. The number of aromatic nitrogens is 2. The normalized spacial score (nSPS) is 18.9. The van der Waals surface area contributed by atoms with Gasteiger partial charge in [0.15, 0.2) is 0 Å². The Morgan fingerprint density at radius 3 is 3.15 bits per heavy atom. The first-order valence-corrected chi connectivity index (χ1v) is 8.78. The van der Waals surface area contributed by atoms with E-state index in [2.05, 4.69) is 10.4 Å². The van der Waals surface area contributed by atoms with Crippen LogP contribution in [0, 0.1) is 0 Å². The molecule has 0 radical (unpaired) electrons. The molecule has 4 rings (SSSR count). The highest BCUT2D eigenvalue weighted by atomic mass is 16.6. The van der Waals surface area contributed by atoms with E-state index < -0.39 is 0 Å². The fraction of sp³-hybridized carbons (Fsp3) is 0.389. The summed E-state index contributed by atoms with van der Waals surface area (Å²) in [5.74, 6) is 0.756. The third-order valence-corrected chi connectivity index (χ3v) is 4.80. The largest absolute Gasteiger partial charge is 0.497 e. The zero-order valence-corrected chi connectivity index (χ0v) is 15.0. The van der Waals surface area contributed by atoms with Crippen molar-refractivity contribution in [3.05, 3.63) is 42.2 Å². The Hall–Kier alpha value is -3.23. The van der Waals surface area contributed by atoms with Gasteiger partial charge in [0.1, 0.15) is 12.4 Å². The molecule has 9 nitrogen and oxygen atoms in total. The molecule has 0 bridgehead atoms. The summed E-state index contributed by atoms with van der Waals surface area (Å²) >= 11 is 0. The fourth-order valence-corrected chi connectivity index (χ4v) is 3.31. The van der Waals surface area contributed by atoms with Gasteiger partial charge in [-0.1, -0.05) is 6.07 Å². The van der Waals surface area contributed by atoms with Crippen LogP contribution >= 0.6 is 0 Å². The van der Waals surface area contributed by atoms with Crippen molar-refractivity contribution in [1.29, 1.82) is 0 Å². The number of nitrogens with zero attached hydrogens (tertiary/aromatic N) is 4. The molecule has 2 aliphatic rings. The standard InChI is InChI=1S/C18H21N5O4/c1-26-16-4-2-3-14(7-16)23-10-13(9-20-23)8-19-17(24)21-5-6-22-15(11-21)12-27-18(22)25/h2-4,7,9-10,15H,5-6,8,11-12H2,1H3,(H,19,24)/t15-/m1/s1. The summed E-state index contributed by atoms with van der Waals surface area (Å²) in [6.07, 6.45) is 3.31. The summed E-state index contributed by atoms with van der Waals surface area (Å²) < 4.78 is 12.0. The summed E-state index contributed by atoms with van der Waals surface area (Å²) in [4.78, 5) is 27.4. The highest BCUT2D eigenvalue weighted by Gasteiger charge is 2.38. The van der Waals surface area contributed by atoms with Gasteiger partial charge >= 0.3 is 12.1 Å². The van der Waals surface area contributed by atoms with Crippen LogP contribution in [0.4, 0.5) is 9.59 Å². The van der Waals surface area contributed by atoms with Crippen molar-refractivity contribution >= 4 is 12.1 Å². The summed E-state index contributed by atoms with van der Waals surface area (Å²) in [6, 6.07) is 7.39. The third kappa shape index (κ3) is 3.53. The Kier molecular flexibility index (Phi) is 4.57. The lowest BCUT2D eigenvalue weighted by molar-refractivity contribution is 0.127. The van der Waals surface area contributed by atoms with Gasteiger partial charge in [0.2, 0.25) is 0 Å². The summed E-state index contributed by atoms with van der Waals surface area (Å²) in [7, 11) is 1.62. The Balaban J connectivity index is 1.33. The van der Waals surface area contributed by atoms with Crippen LogP contribution in [-0.4, -0.2) is 71.1 Å². The Morgan fingerprint density at radius 2 is 2.30 bits per heavy atom. The van der Waals surface area contributed by atoms with E-state index in [0.717, 1.165) is 17.0 Å². The number of piperazine rings is 1. The number of hydrogen-bond donors (Lipinski definition) is 1. The minimum Gasteiger partial charge on any atom is -0.497 e. The van der Waals surface area contributed by atoms with Gasteiger partial charge < -0.3 is 19.7 Å². The van der Waals surface area contributed by atoms with Crippen molar-refractivity contribution in [2.24, 2.45) is 0 Å². The summed E-state index contributed by atoms with van der Waals surface area (Å²) in [6.45, 7) is 2.21. The van der Waals surface area contributed by atoms with Gasteiger partial charge in [0, 0.05) is 44.0 Å². The van der Waals surface area contributed by atoms with Gasteiger partial charge in [-0.15, -0.1) is 0 Å². The van der Waals surface area contributed by atoms with E-state index in [1.54, 1.807) is 27.8 Å². The molecule has 1 N–H and O–H groups in total. The highest BCUT2D eigenvalue weighted by Crippen LogP contribution is 2.18. The van der Waals surface area contributed by atoms with Crippen LogP contribution in [0.2, 0.25) is 0 Å². The molecule has 0 unspecified atom stereocenters. The molecule has 2 aromatic rings. The average Bonchev–Trinajstić information content (AvgIpc) is 3.33. The lowest BCUT2D eigenvalue weighted by atomic mass is 10.2. The van der Waals surface area contributed by atoms with Gasteiger partial charge in [0.05, 0.1) is 25.0 Å². The first-order valence-electron chi connectivity index (χ1n) is 8.78. The predicted octanol–water partition coefficient (Wildman–Crippen LogP) is 1.23. The number of ether oxygens (including phenoxy) is 2. The number of fused-ring (bicyclic) bond motifs is 1. The molecule has 1 aromatic heterocycles. The number of amides is 3. The molecule has 9 heteroatoms. The molecule has 0 saturated carbocycles. The maximum absolute atomic E-state index is 12.4. The summed E-state index contributed by atoms with van der Waals surface area (Å²) in [5.41, 5.74) is 1.78. The van der Waals surface area contributed by atoms with E-state index in [4.69, 9.17) is 9.47 Å². The van der Waals surface area contributed by atoms with E-state index in [1.807, 2.05) is 30.5 Å². The molecule has 0 aliphatic carbocycles. The smallest absolute Gasteiger partial charge is 0.410 e. The second-order valence-corrected chi connectivity index (χ2v) is 6.52. The molecule has 0 spiro atoms. The van der Waals surface area contributed by atoms with E-state index >= 15 is 0 Å². The predicted molar refractivity (Wildman–Crippen MR) is 95.8 cm³/mol. The topological polar surface area (TPSA) is 88.9 Å². The summed E-state index contributed by atoms with van der Waals surface area (Å²) in [5, 5.41) is 7.25. The molecule has 1 aromatic carbocycles.